The van der Waals surface area contributed by atoms with Crippen molar-refractivity contribution in [2.45, 2.75) is 38.9 Å². The summed E-state index contributed by atoms with van der Waals surface area (Å²) in [6, 6.07) is 164. The van der Waals surface area contributed by atoms with Crippen molar-refractivity contribution in [1.29, 1.82) is 0 Å². The third kappa shape index (κ3) is 19.2. The summed E-state index contributed by atoms with van der Waals surface area (Å²) < 4.78 is 15.6. The van der Waals surface area contributed by atoms with Crippen LogP contribution in [-0.2, 0) is 9.31 Å². The number of halogens is 3. The molecule has 0 spiro atoms. The van der Waals surface area contributed by atoms with Crippen molar-refractivity contribution in [3.05, 3.63) is 474 Å². The molecule has 1 heterocycles. The smallest absolute Gasteiger partial charge is 0.399 e. The molecule has 1 aliphatic heterocycles. The molecule has 18 aromatic rings. The second-order valence-electron chi connectivity index (χ2n) is 31.5. The minimum absolute atomic E-state index is 0.328. The fraction of sp³-hybridized carbons (Fsp3) is 0.0526. The molecule has 18 aromatic carbocycles. The molecule has 0 aromatic heterocycles. The van der Waals surface area contributed by atoms with Crippen LogP contribution in [0.15, 0.2) is 474 Å². The maximum Gasteiger partial charge on any atom is 0.494 e. The summed E-state index contributed by atoms with van der Waals surface area (Å²) in [6.07, 6.45) is 0. The van der Waals surface area contributed by atoms with E-state index in [0.717, 1.165) is 53.0 Å². The topological polar surface area (TPSA) is 24.9 Å². The molecule has 0 amide bonds. The Morgan fingerprint density at radius 3 is 0.541 bits per heavy atom. The highest BCUT2D eigenvalue weighted by atomic mass is 79.9. The Morgan fingerprint density at radius 1 is 0.172 bits per heavy atom. The first-order chi connectivity index (χ1) is 59.6. The summed E-state index contributed by atoms with van der Waals surface area (Å²) in [7, 11) is -0.335. The van der Waals surface area contributed by atoms with Gasteiger partial charge < -0.3 is 19.1 Å². The van der Waals surface area contributed by atoms with Crippen LogP contribution in [0.5, 0.6) is 0 Å². The largest absolute Gasteiger partial charge is 0.494 e. The maximum absolute atomic E-state index is 6.20. The van der Waals surface area contributed by atoms with Gasteiger partial charge in [-0.15, -0.1) is 0 Å². The van der Waals surface area contributed by atoms with Crippen LogP contribution in [0.3, 0.4) is 0 Å². The van der Waals surface area contributed by atoms with Gasteiger partial charge in [0.1, 0.15) is 0 Å². The monoisotopic (exact) mass is 1760 g/mol. The quantitative estimate of drug-likeness (QED) is 0.0800. The van der Waals surface area contributed by atoms with Crippen molar-refractivity contribution in [2.75, 3.05) is 9.80 Å². The lowest BCUT2D eigenvalue weighted by atomic mass is 9.78. The molecule has 122 heavy (non-hydrogen) atoms. The molecule has 0 aliphatic carbocycles. The van der Waals surface area contributed by atoms with E-state index in [9.17, 15) is 0 Å². The third-order valence-electron chi connectivity index (χ3n) is 22.9. The van der Waals surface area contributed by atoms with Crippen LogP contribution in [0.4, 0.5) is 34.1 Å². The predicted octanol–water partition coefficient (Wildman–Crippen LogP) is 32.9. The fourth-order valence-electron chi connectivity index (χ4n) is 15.5. The Balaban J connectivity index is 0.000000174. The van der Waals surface area contributed by atoms with Gasteiger partial charge in [-0.3, -0.25) is 0 Å². The zero-order valence-electron chi connectivity index (χ0n) is 68.3. The van der Waals surface area contributed by atoms with Crippen molar-refractivity contribution in [1.82, 2.24) is 0 Å². The Labute approximate surface area is 743 Å². The SMILES string of the molecule is Brc1ccc(N(c2ccc(Br)cc2)c2ccc(Br)cc2)cc1.CC1(C)OB(c2cccc(-c3ccc(-c4ccccc4)cc3)c2)OC1(C)C.c1ccc(-c2ccc(-c3cccc(-c4ccc(N(c5ccc(-c6cccc(-c7ccc(-c8ccccc8)cc7)c6)cc5)c5ccc(-c6cccc(-c7ccc(-c8ccccc8)cc7)c6)cc5)cc4)c3)cc2)cc1. The lowest BCUT2D eigenvalue weighted by molar-refractivity contribution is 0.00578. The maximum atomic E-state index is 6.20. The van der Waals surface area contributed by atoms with Crippen LogP contribution < -0.4 is 15.3 Å². The van der Waals surface area contributed by atoms with E-state index >= 15 is 0 Å². The average Bonchev–Trinajstić information content (AvgIpc) is 1.58. The van der Waals surface area contributed by atoms with Crippen molar-refractivity contribution in [2.24, 2.45) is 0 Å². The van der Waals surface area contributed by atoms with Crippen LogP contribution in [-0.4, -0.2) is 18.3 Å². The molecule has 1 saturated heterocycles. The molecule has 0 bridgehead atoms. The van der Waals surface area contributed by atoms with E-state index in [-0.39, 0.29) is 18.3 Å². The summed E-state index contributed by atoms with van der Waals surface area (Å²) in [5, 5.41) is 0. The van der Waals surface area contributed by atoms with Crippen LogP contribution >= 0.6 is 47.8 Å². The highest BCUT2D eigenvalue weighted by molar-refractivity contribution is 9.11. The fourth-order valence-corrected chi connectivity index (χ4v) is 16.3. The van der Waals surface area contributed by atoms with E-state index in [2.05, 4.69) is 540 Å². The number of hydrogen-bond donors (Lipinski definition) is 0. The summed E-state index contributed by atoms with van der Waals surface area (Å²) in [4.78, 5) is 4.59. The first kappa shape index (κ1) is 81.4. The van der Waals surface area contributed by atoms with E-state index in [1.54, 1.807) is 0 Å². The van der Waals surface area contributed by atoms with E-state index < -0.39 is 0 Å². The molecule has 4 nitrogen and oxygen atoms in total. The summed E-state index contributed by atoms with van der Waals surface area (Å²) in [6.45, 7) is 8.33. The van der Waals surface area contributed by atoms with Gasteiger partial charge in [-0.1, -0.05) is 381 Å². The molecule has 0 atom stereocenters. The zero-order valence-corrected chi connectivity index (χ0v) is 73.1. The number of hydrogen-bond acceptors (Lipinski definition) is 4. The number of nitrogens with zero attached hydrogens (tertiary/aromatic N) is 2. The second kappa shape index (κ2) is 37.3. The molecule has 1 aliphatic rings. The normalized spacial score (nSPS) is 12.4. The summed E-state index contributed by atoms with van der Waals surface area (Å²) >= 11 is 10.5. The third-order valence-corrected chi connectivity index (χ3v) is 24.5. The molecular weight excluding hydrogens is 1680 g/mol. The van der Waals surface area contributed by atoms with Crippen molar-refractivity contribution in [3.63, 3.8) is 0 Å². The summed E-state index contributed by atoms with van der Waals surface area (Å²) in [5.41, 5.74) is 33.4. The van der Waals surface area contributed by atoms with Crippen LogP contribution in [0.25, 0.3) is 122 Å². The lowest BCUT2D eigenvalue weighted by Gasteiger charge is -2.32. The highest BCUT2D eigenvalue weighted by Crippen LogP contribution is 2.43. The van der Waals surface area contributed by atoms with Gasteiger partial charge in [-0.25, -0.2) is 0 Å². The Hall–Kier alpha value is -13.0. The molecule has 590 valence electrons. The predicted molar refractivity (Wildman–Crippen MR) is 527 cm³/mol. The van der Waals surface area contributed by atoms with Gasteiger partial charge in [-0.2, -0.15) is 0 Å². The van der Waals surface area contributed by atoms with Gasteiger partial charge in [0.25, 0.3) is 0 Å². The number of benzene rings is 18. The van der Waals surface area contributed by atoms with Gasteiger partial charge in [0.15, 0.2) is 0 Å². The van der Waals surface area contributed by atoms with Gasteiger partial charge >= 0.3 is 7.12 Å². The average molecular weight is 1770 g/mol. The Bertz CT molecular complexity index is 5970. The minimum Gasteiger partial charge on any atom is -0.399 e. The van der Waals surface area contributed by atoms with Crippen molar-refractivity contribution < 1.29 is 9.31 Å². The molecule has 0 saturated carbocycles. The van der Waals surface area contributed by atoms with Crippen molar-refractivity contribution in [3.8, 4) is 122 Å². The van der Waals surface area contributed by atoms with Gasteiger partial charge in [0, 0.05) is 47.5 Å². The molecular formula is C114H88BBr3N2O2. The van der Waals surface area contributed by atoms with E-state index in [4.69, 9.17) is 9.31 Å². The van der Waals surface area contributed by atoms with Gasteiger partial charge in [0.2, 0.25) is 0 Å². The first-order valence-corrected chi connectivity index (χ1v) is 43.6. The zero-order chi connectivity index (χ0) is 83.4. The van der Waals surface area contributed by atoms with E-state index in [1.165, 1.54) is 122 Å². The van der Waals surface area contributed by atoms with Crippen LogP contribution in [0, 0.1) is 0 Å². The number of rotatable bonds is 18. The molecule has 8 heteroatoms. The first-order valence-electron chi connectivity index (χ1n) is 41.2. The molecule has 19 rings (SSSR count). The molecule has 0 unspecified atom stereocenters. The van der Waals surface area contributed by atoms with Gasteiger partial charge in [0.05, 0.1) is 11.2 Å². The molecule has 1 fully saturated rings. The van der Waals surface area contributed by atoms with E-state index in [0.29, 0.717) is 0 Å². The highest BCUT2D eigenvalue weighted by Gasteiger charge is 2.51. The standard InChI is InChI=1S/C72H51N.C24H25BO2.C18H12Br3N/c1-4-13-52(14-5-1)55-25-31-58(32-26-55)64-19-10-22-67(49-64)61-37-43-70(44-38-61)73(71-45-39-62(40-46-71)68-23-11-20-65(50-68)59-33-27-56(28-34-59)53-15-6-2-7-16-53)72-47-41-63(42-48-72)69-24-12-21-66(51-69)60-35-29-57(30-36-60)54-17-8-3-9-18-54;1-23(2)24(3,4)27-25(26-23)22-12-8-11-21(17-22)20-15-13-19(14-16-20)18-9-6-5-7-10-18;19-13-1-7-16(8-2-13)22(17-9-3-14(20)4-10-17)18-11-5-15(21)6-12-18/h1-51H;5-17H,1-4H3;1-12H. The Morgan fingerprint density at radius 2 is 0.328 bits per heavy atom. The van der Waals surface area contributed by atoms with E-state index in [1.807, 2.05) is 6.07 Å². The number of anilines is 6. The second-order valence-corrected chi connectivity index (χ2v) is 34.2. The Kier molecular flexibility index (Phi) is 24.9. The minimum atomic E-state index is -0.335. The molecule has 0 radical (unpaired) electrons. The van der Waals surface area contributed by atoms with Crippen LogP contribution in [0.2, 0.25) is 0 Å². The summed E-state index contributed by atoms with van der Waals surface area (Å²) in [5.74, 6) is 0. The van der Waals surface area contributed by atoms with Crippen LogP contribution in [0.1, 0.15) is 27.7 Å². The lowest BCUT2D eigenvalue weighted by Crippen LogP contribution is -2.41. The van der Waals surface area contributed by atoms with Crippen molar-refractivity contribution >= 4 is 94.5 Å². The molecule has 0 N–H and O–H groups in total. The van der Waals surface area contributed by atoms with Gasteiger partial charge in [-0.05, 0) is 283 Å².